The van der Waals surface area contributed by atoms with Gasteiger partial charge in [-0.05, 0) is 51.6 Å². The van der Waals surface area contributed by atoms with Gasteiger partial charge in [-0.25, -0.2) is 4.79 Å². The summed E-state index contributed by atoms with van der Waals surface area (Å²) in [5.74, 6) is -3.49. The highest BCUT2D eigenvalue weighted by atomic mass is 19.4. The molecule has 0 amide bonds. The van der Waals surface area contributed by atoms with Gasteiger partial charge >= 0.3 is 11.8 Å². The number of aromatic hydroxyl groups is 1. The van der Waals surface area contributed by atoms with E-state index < -0.39 is 28.9 Å². The zero-order valence-electron chi connectivity index (χ0n) is 17.6. The Bertz CT molecular complexity index is 1530. The van der Waals surface area contributed by atoms with Gasteiger partial charge in [-0.15, -0.1) is 0 Å². The molecule has 1 aromatic heterocycles. The van der Waals surface area contributed by atoms with E-state index in [1.165, 1.54) is 17.7 Å². The highest BCUT2D eigenvalue weighted by Gasteiger charge is 2.43. The van der Waals surface area contributed by atoms with Crippen LogP contribution in [0.15, 0.2) is 69.9 Å². The summed E-state index contributed by atoms with van der Waals surface area (Å²) in [5, 5.41) is 10.3. The number of fused-ring (bicyclic) bond motifs is 4. The second kappa shape index (κ2) is 6.81. The Balaban J connectivity index is 1.68. The van der Waals surface area contributed by atoms with Crippen molar-refractivity contribution in [3.63, 3.8) is 0 Å². The second-order valence-electron chi connectivity index (χ2n) is 8.58. The Kier molecular flexibility index (Phi) is 4.34. The number of carbonyl (C=O) groups is 1. The second-order valence-corrected chi connectivity index (χ2v) is 8.58. The van der Waals surface area contributed by atoms with E-state index >= 15 is 0 Å². The summed E-state index contributed by atoms with van der Waals surface area (Å²) in [4.78, 5) is 23.6. The largest absolute Gasteiger partial charge is 0.506 e. The minimum absolute atomic E-state index is 0.117. The van der Waals surface area contributed by atoms with Crippen LogP contribution in [-0.4, -0.2) is 17.1 Å². The maximum absolute atomic E-state index is 12.9. The third-order valence-electron chi connectivity index (χ3n) is 6.28. The van der Waals surface area contributed by atoms with Crippen LogP contribution < -0.4 is 5.63 Å². The Morgan fingerprint density at radius 2 is 1.55 bits per heavy atom. The molecule has 1 heterocycles. The van der Waals surface area contributed by atoms with Gasteiger partial charge in [0, 0.05) is 5.41 Å². The number of hydrogen-bond donors (Lipinski definition) is 1. The van der Waals surface area contributed by atoms with Crippen molar-refractivity contribution in [1.29, 1.82) is 0 Å². The Hall–Kier alpha value is -3.87. The summed E-state index contributed by atoms with van der Waals surface area (Å²) >= 11 is 0. The number of carbonyl (C=O) groups excluding carboxylic acids is 1. The summed E-state index contributed by atoms with van der Waals surface area (Å²) < 4.78 is 43.6. The quantitative estimate of drug-likeness (QED) is 0.291. The fourth-order valence-electron chi connectivity index (χ4n) is 4.59. The topological polar surface area (TPSA) is 67.5 Å². The predicted molar refractivity (Wildman–Crippen MR) is 118 cm³/mol. The molecular weight excluding hydrogens is 433 g/mol. The molecule has 33 heavy (non-hydrogen) atoms. The molecule has 0 saturated carbocycles. The number of Topliss-reactive ketones (excluding diaryl/α,β-unsaturated/α-hetero) is 1. The van der Waals surface area contributed by atoms with Crippen LogP contribution in [0.1, 0.15) is 35.3 Å². The van der Waals surface area contributed by atoms with E-state index in [0.29, 0.717) is 5.56 Å². The van der Waals surface area contributed by atoms with Crippen LogP contribution in [0.3, 0.4) is 0 Å². The Morgan fingerprint density at radius 3 is 2.27 bits per heavy atom. The molecule has 4 aromatic rings. The van der Waals surface area contributed by atoms with Crippen LogP contribution in [0.2, 0.25) is 0 Å². The van der Waals surface area contributed by atoms with Crippen molar-refractivity contribution >= 4 is 16.8 Å². The smallest absolute Gasteiger partial charge is 0.455 e. The van der Waals surface area contributed by atoms with Crippen LogP contribution in [0.25, 0.3) is 33.2 Å². The lowest BCUT2D eigenvalue weighted by Gasteiger charge is -2.22. The van der Waals surface area contributed by atoms with Gasteiger partial charge in [0.2, 0.25) is 0 Å². The summed E-state index contributed by atoms with van der Waals surface area (Å²) in [6.45, 7) is 4.24. The minimum atomic E-state index is -5.32. The van der Waals surface area contributed by atoms with Crippen molar-refractivity contribution in [1.82, 2.24) is 0 Å². The SMILES string of the molecule is CC1(C)c2ccccc2-c2ccc(-c3ccc4oc(=O)c(C(=O)C(F)(F)F)c(O)c4c3)cc21. The molecular formula is C26H17F3O4. The van der Waals surface area contributed by atoms with E-state index in [9.17, 15) is 27.9 Å². The highest BCUT2D eigenvalue weighted by Crippen LogP contribution is 2.49. The summed E-state index contributed by atoms with van der Waals surface area (Å²) in [6, 6.07) is 18.5. The van der Waals surface area contributed by atoms with Gasteiger partial charge < -0.3 is 9.52 Å². The Labute approximate surface area is 185 Å². The van der Waals surface area contributed by atoms with Gasteiger partial charge in [0.25, 0.3) is 5.78 Å². The van der Waals surface area contributed by atoms with Crippen molar-refractivity contribution in [2.75, 3.05) is 0 Å². The number of alkyl halides is 3. The van der Waals surface area contributed by atoms with Crippen molar-refractivity contribution in [3.8, 4) is 28.0 Å². The maximum Gasteiger partial charge on any atom is 0.455 e. The first-order valence-electron chi connectivity index (χ1n) is 10.2. The van der Waals surface area contributed by atoms with E-state index in [0.717, 1.165) is 22.3 Å². The molecule has 0 bridgehead atoms. The molecule has 0 spiro atoms. The number of halogens is 3. The molecule has 1 aliphatic rings. The van der Waals surface area contributed by atoms with Gasteiger partial charge in [0.1, 0.15) is 11.3 Å². The molecule has 0 fully saturated rings. The number of hydrogen-bond acceptors (Lipinski definition) is 4. The summed E-state index contributed by atoms with van der Waals surface area (Å²) in [6.07, 6.45) is -5.32. The predicted octanol–water partition coefficient (Wildman–Crippen LogP) is 6.22. The molecule has 7 heteroatoms. The normalized spacial score (nSPS) is 14.2. The number of rotatable bonds is 2. The average Bonchev–Trinajstić information content (AvgIpc) is 3.00. The van der Waals surface area contributed by atoms with E-state index in [-0.39, 0.29) is 16.4 Å². The van der Waals surface area contributed by atoms with Crippen molar-refractivity contribution in [2.24, 2.45) is 0 Å². The van der Waals surface area contributed by atoms with Gasteiger partial charge in [-0.2, -0.15) is 13.2 Å². The molecule has 1 N–H and O–H groups in total. The van der Waals surface area contributed by atoms with Crippen LogP contribution in [0.4, 0.5) is 13.2 Å². The first-order valence-corrected chi connectivity index (χ1v) is 10.2. The fourth-order valence-corrected chi connectivity index (χ4v) is 4.59. The van der Waals surface area contributed by atoms with Crippen LogP contribution in [0.5, 0.6) is 5.75 Å². The van der Waals surface area contributed by atoms with E-state index in [2.05, 4.69) is 26.0 Å². The van der Waals surface area contributed by atoms with Crippen LogP contribution in [0, 0.1) is 0 Å². The minimum Gasteiger partial charge on any atom is -0.506 e. The summed E-state index contributed by atoms with van der Waals surface area (Å²) in [5.41, 5.74) is 2.59. The molecule has 0 aliphatic heterocycles. The first kappa shape index (κ1) is 21.0. The third kappa shape index (κ3) is 3.07. The van der Waals surface area contributed by atoms with Gasteiger partial charge in [0.15, 0.2) is 5.56 Å². The molecule has 3 aromatic carbocycles. The van der Waals surface area contributed by atoms with Gasteiger partial charge in [0.05, 0.1) is 5.39 Å². The molecule has 166 valence electrons. The monoisotopic (exact) mass is 450 g/mol. The van der Waals surface area contributed by atoms with E-state index in [1.54, 1.807) is 6.07 Å². The standard InChI is InChI=1S/C26H17F3O4/c1-25(2)18-6-4-3-5-15(18)16-9-7-14(12-19(16)25)13-8-10-20-17(11-13)22(30)21(24(32)33-20)23(31)26(27,28)29/h3-12,30H,1-2H3. The fraction of sp³-hybridized carbons (Fsp3) is 0.154. The van der Waals surface area contributed by atoms with Gasteiger partial charge in [-0.1, -0.05) is 56.3 Å². The van der Waals surface area contributed by atoms with E-state index in [1.807, 2.05) is 30.3 Å². The summed E-state index contributed by atoms with van der Waals surface area (Å²) in [7, 11) is 0. The van der Waals surface area contributed by atoms with Crippen LogP contribution in [-0.2, 0) is 5.41 Å². The Morgan fingerprint density at radius 1 is 0.909 bits per heavy atom. The lowest BCUT2D eigenvalue weighted by atomic mass is 9.81. The number of benzene rings is 3. The van der Waals surface area contributed by atoms with E-state index in [4.69, 9.17) is 4.42 Å². The highest BCUT2D eigenvalue weighted by molar-refractivity contribution is 6.06. The lowest BCUT2D eigenvalue weighted by Crippen LogP contribution is -2.28. The first-order chi connectivity index (χ1) is 15.5. The zero-order chi connectivity index (χ0) is 23.7. The maximum atomic E-state index is 12.9. The molecule has 5 rings (SSSR count). The lowest BCUT2D eigenvalue weighted by molar-refractivity contribution is -0.0888. The molecule has 0 unspecified atom stereocenters. The number of ketones is 1. The molecule has 0 saturated heterocycles. The molecule has 1 aliphatic carbocycles. The van der Waals surface area contributed by atoms with Gasteiger partial charge in [-0.3, -0.25) is 4.79 Å². The van der Waals surface area contributed by atoms with Crippen molar-refractivity contribution in [2.45, 2.75) is 25.4 Å². The molecule has 4 nitrogen and oxygen atoms in total. The molecule has 0 atom stereocenters. The average molecular weight is 450 g/mol. The third-order valence-corrected chi connectivity index (χ3v) is 6.28. The zero-order valence-corrected chi connectivity index (χ0v) is 17.6. The van der Waals surface area contributed by atoms with Crippen molar-refractivity contribution < 1.29 is 27.5 Å². The molecule has 0 radical (unpaired) electrons. The van der Waals surface area contributed by atoms with Crippen LogP contribution >= 0.6 is 0 Å². The van der Waals surface area contributed by atoms with Crippen molar-refractivity contribution in [3.05, 3.63) is 87.8 Å².